The van der Waals surface area contributed by atoms with E-state index in [4.69, 9.17) is 5.11 Å². The molecule has 0 spiro atoms. The summed E-state index contributed by atoms with van der Waals surface area (Å²) in [5, 5.41) is 9.00. The standard InChI is InChI=1S/C9H16F3NO2/c1-5(2)13(8(15)6(3)14)7(4)9(10,11)12/h5-7,14H,1-4H3. The van der Waals surface area contributed by atoms with Crippen LogP contribution in [0.3, 0.4) is 0 Å². The molecule has 0 aromatic heterocycles. The summed E-state index contributed by atoms with van der Waals surface area (Å²) in [7, 11) is 0. The first kappa shape index (κ1) is 14.2. The van der Waals surface area contributed by atoms with Crippen molar-refractivity contribution in [3.05, 3.63) is 0 Å². The smallest absolute Gasteiger partial charge is 0.384 e. The van der Waals surface area contributed by atoms with Gasteiger partial charge < -0.3 is 10.0 Å². The summed E-state index contributed by atoms with van der Waals surface area (Å²) < 4.78 is 37.2. The van der Waals surface area contributed by atoms with E-state index in [-0.39, 0.29) is 0 Å². The SMILES string of the molecule is CC(O)C(=O)N(C(C)C)C(C)C(F)(F)F. The number of hydrogen-bond acceptors (Lipinski definition) is 2. The predicted molar refractivity (Wildman–Crippen MR) is 49.2 cm³/mol. The lowest BCUT2D eigenvalue weighted by atomic mass is 10.1. The van der Waals surface area contributed by atoms with Gasteiger partial charge in [-0.05, 0) is 27.7 Å². The summed E-state index contributed by atoms with van der Waals surface area (Å²) in [5.74, 6) is -0.908. The van der Waals surface area contributed by atoms with Gasteiger partial charge in [0, 0.05) is 6.04 Å². The van der Waals surface area contributed by atoms with E-state index in [9.17, 15) is 18.0 Å². The van der Waals surface area contributed by atoms with Crippen LogP contribution in [-0.2, 0) is 4.79 Å². The van der Waals surface area contributed by atoms with Crippen LogP contribution in [0.5, 0.6) is 0 Å². The molecule has 2 unspecified atom stereocenters. The van der Waals surface area contributed by atoms with E-state index >= 15 is 0 Å². The van der Waals surface area contributed by atoms with Crippen molar-refractivity contribution in [2.45, 2.75) is 52.1 Å². The molecule has 0 rings (SSSR count). The summed E-state index contributed by atoms with van der Waals surface area (Å²) in [6.45, 7) is 5.01. The summed E-state index contributed by atoms with van der Waals surface area (Å²) in [6.07, 6.45) is -5.90. The summed E-state index contributed by atoms with van der Waals surface area (Å²) >= 11 is 0. The number of rotatable bonds is 3. The largest absolute Gasteiger partial charge is 0.408 e. The third kappa shape index (κ3) is 3.70. The van der Waals surface area contributed by atoms with E-state index in [1.54, 1.807) is 0 Å². The maximum Gasteiger partial charge on any atom is 0.408 e. The Morgan fingerprint density at radius 1 is 1.20 bits per heavy atom. The van der Waals surface area contributed by atoms with E-state index in [2.05, 4.69) is 0 Å². The Bertz CT molecular complexity index is 226. The molecule has 0 aliphatic carbocycles. The van der Waals surface area contributed by atoms with Gasteiger partial charge in [-0.25, -0.2) is 0 Å². The van der Waals surface area contributed by atoms with E-state index < -0.39 is 30.3 Å². The molecule has 15 heavy (non-hydrogen) atoms. The average molecular weight is 227 g/mol. The fraction of sp³-hybridized carbons (Fsp3) is 0.889. The van der Waals surface area contributed by atoms with Gasteiger partial charge >= 0.3 is 6.18 Å². The second-order valence-corrected chi connectivity index (χ2v) is 3.73. The Kier molecular flexibility index (Phi) is 4.58. The second-order valence-electron chi connectivity index (χ2n) is 3.73. The first-order chi connectivity index (χ1) is 6.59. The average Bonchev–Trinajstić information content (AvgIpc) is 2.01. The van der Waals surface area contributed by atoms with Crippen molar-refractivity contribution < 1.29 is 23.1 Å². The normalized spacial score (nSPS) is 16.3. The van der Waals surface area contributed by atoms with Gasteiger partial charge in [-0.3, -0.25) is 4.79 Å². The number of nitrogens with zero attached hydrogens (tertiary/aromatic N) is 1. The van der Waals surface area contributed by atoms with Gasteiger partial charge in [-0.15, -0.1) is 0 Å². The number of carbonyl (C=O) groups is 1. The van der Waals surface area contributed by atoms with E-state index in [0.29, 0.717) is 4.90 Å². The van der Waals surface area contributed by atoms with Crippen molar-refractivity contribution >= 4 is 5.91 Å². The number of hydrogen-bond donors (Lipinski definition) is 1. The van der Waals surface area contributed by atoms with Crippen LogP contribution in [-0.4, -0.2) is 40.3 Å². The van der Waals surface area contributed by atoms with Gasteiger partial charge in [0.15, 0.2) is 0 Å². The monoisotopic (exact) mass is 227 g/mol. The number of amides is 1. The van der Waals surface area contributed by atoms with E-state index in [0.717, 1.165) is 13.8 Å². The highest BCUT2D eigenvalue weighted by Crippen LogP contribution is 2.26. The highest BCUT2D eigenvalue weighted by molar-refractivity contribution is 5.80. The molecule has 0 aromatic carbocycles. The fourth-order valence-electron chi connectivity index (χ4n) is 1.27. The van der Waals surface area contributed by atoms with Crippen molar-refractivity contribution in [2.24, 2.45) is 0 Å². The zero-order valence-corrected chi connectivity index (χ0v) is 9.17. The molecule has 90 valence electrons. The minimum Gasteiger partial charge on any atom is -0.384 e. The maximum absolute atomic E-state index is 12.4. The van der Waals surface area contributed by atoms with Gasteiger partial charge in [0.05, 0.1) is 0 Å². The fourth-order valence-corrected chi connectivity index (χ4v) is 1.27. The minimum atomic E-state index is -4.48. The lowest BCUT2D eigenvalue weighted by Crippen LogP contribution is -2.53. The number of halogens is 3. The second kappa shape index (κ2) is 4.83. The first-order valence-corrected chi connectivity index (χ1v) is 4.66. The van der Waals surface area contributed by atoms with Gasteiger partial charge in [0.1, 0.15) is 12.1 Å². The molecule has 0 aliphatic rings. The van der Waals surface area contributed by atoms with Crippen LogP contribution >= 0.6 is 0 Å². The molecule has 1 N–H and O–H groups in total. The molecule has 6 heteroatoms. The molecule has 0 bridgehead atoms. The van der Waals surface area contributed by atoms with Crippen molar-refractivity contribution in [2.75, 3.05) is 0 Å². The van der Waals surface area contributed by atoms with Crippen molar-refractivity contribution in [1.82, 2.24) is 4.90 Å². The van der Waals surface area contributed by atoms with E-state index in [1.807, 2.05) is 0 Å². The first-order valence-electron chi connectivity index (χ1n) is 4.66. The Balaban J connectivity index is 4.91. The highest BCUT2D eigenvalue weighted by atomic mass is 19.4. The zero-order valence-electron chi connectivity index (χ0n) is 9.17. The molecule has 1 amide bonds. The molecule has 0 heterocycles. The molecule has 3 nitrogen and oxygen atoms in total. The van der Waals surface area contributed by atoms with Crippen LogP contribution in [0.15, 0.2) is 0 Å². The summed E-state index contributed by atoms with van der Waals surface area (Å²) in [4.78, 5) is 12.0. The van der Waals surface area contributed by atoms with Crippen LogP contribution in [0.2, 0.25) is 0 Å². The van der Waals surface area contributed by atoms with Crippen LogP contribution in [0.25, 0.3) is 0 Å². The number of alkyl halides is 3. The van der Waals surface area contributed by atoms with E-state index in [1.165, 1.54) is 13.8 Å². The number of carbonyl (C=O) groups excluding carboxylic acids is 1. The highest BCUT2D eigenvalue weighted by Gasteiger charge is 2.43. The van der Waals surface area contributed by atoms with Crippen molar-refractivity contribution in [1.29, 1.82) is 0 Å². The topological polar surface area (TPSA) is 40.5 Å². The molecular formula is C9H16F3NO2. The summed E-state index contributed by atoms with van der Waals surface area (Å²) in [5.41, 5.74) is 0. The van der Waals surface area contributed by atoms with Crippen LogP contribution in [0, 0.1) is 0 Å². The Hall–Kier alpha value is -0.780. The van der Waals surface area contributed by atoms with Crippen molar-refractivity contribution in [3.63, 3.8) is 0 Å². The molecule has 0 fully saturated rings. The third-order valence-corrected chi connectivity index (χ3v) is 2.06. The Labute approximate surface area is 86.9 Å². The Morgan fingerprint density at radius 2 is 1.60 bits per heavy atom. The summed E-state index contributed by atoms with van der Waals surface area (Å²) in [6, 6.07) is -2.50. The molecule has 2 atom stereocenters. The lowest BCUT2D eigenvalue weighted by Gasteiger charge is -2.34. The molecular weight excluding hydrogens is 211 g/mol. The molecule has 0 saturated carbocycles. The third-order valence-electron chi connectivity index (χ3n) is 2.06. The molecule has 0 aromatic rings. The molecule has 0 saturated heterocycles. The molecule has 0 radical (unpaired) electrons. The number of aliphatic hydroxyl groups excluding tert-OH is 1. The number of aliphatic hydroxyl groups is 1. The van der Waals surface area contributed by atoms with Gasteiger partial charge in [0.2, 0.25) is 0 Å². The predicted octanol–water partition coefficient (Wildman–Crippen LogP) is 1.55. The van der Waals surface area contributed by atoms with Gasteiger partial charge in [0.25, 0.3) is 5.91 Å². The van der Waals surface area contributed by atoms with Gasteiger partial charge in [-0.1, -0.05) is 0 Å². The van der Waals surface area contributed by atoms with Crippen LogP contribution < -0.4 is 0 Å². The van der Waals surface area contributed by atoms with Gasteiger partial charge in [-0.2, -0.15) is 13.2 Å². The lowest BCUT2D eigenvalue weighted by molar-refractivity contribution is -0.192. The zero-order chi connectivity index (χ0) is 12.4. The Morgan fingerprint density at radius 3 is 1.80 bits per heavy atom. The maximum atomic E-state index is 12.4. The minimum absolute atomic E-state index is 0.608. The van der Waals surface area contributed by atoms with Crippen LogP contribution in [0.4, 0.5) is 13.2 Å². The van der Waals surface area contributed by atoms with Crippen LogP contribution in [0.1, 0.15) is 27.7 Å². The van der Waals surface area contributed by atoms with Crippen molar-refractivity contribution in [3.8, 4) is 0 Å². The molecule has 0 aliphatic heterocycles. The quantitative estimate of drug-likeness (QED) is 0.794.